The van der Waals surface area contributed by atoms with Crippen molar-refractivity contribution in [3.63, 3.8) is 0 Å². The summed E-state index contributed by atoms with van der Waals surface area (Å²) in [7, 11) is 4.48. The number of amides is 2. The molecule has 10 heteroatoms. The molecule has 0 radical (unpaired) electrons. The zero-order valence-electron chi connectivity index (χ0n) is 15.9. The van der Waals surface area contributed by atoms with E-state index < -0.39 is 11.8 Å². The number of carbonyl (C=O) groups is 2. The van der Waals surface area contributed by atoms with Crippen molar-refractivity contribution in [3.8, 4) is 17.2 Å². The zero-order valence-corrected chi connectivity index (χ0v) is 17.4. The molecular weight excluding hydrogens is 421 g/mol. The molecular formula is C19H19Cl2N3O5. The first kappa shape index (κ1) is 22.3. The maximum atomic E-state index is 12.0. The zero-order chi connectivity index (χ0) is 21.4. The van der Waals surface area contributed by atoms with Crippen LogP contribution in [0.15, 0.2) is 35.4 Å². The second kappa shape index (κ2) is 10.5. The number of halogens is 2. The number of carbonyl (C=O) groups excluding carboxylic acids is 2. The minimum absolute atomic E-state index is 0.247. The van der Waals surface area contributed by atoms with Gasteiger partial charge < -0.3 is 19.5 Å². The van der Waals surface area contributed by atoms with E-state index >= 15 is 0 Å². The van der Waals surface area contributed by atoms with Crippen molar-refractivity contribution in [3.05, 3.63) is 51.5 Å². The Morgan fingerprint density at radius 1 is 1.00 bits per heavy atom. The summed E-state index contributed by atoms with van der Waals surface area (Å²) in [6, 6.07) is 7.80. The van der Waals surface area contributed by atoms with Gasteiger partial charge in [0, 0.05) is 11.1 Å². The molecule has 2 N–H and O–H groups in total. The Bertz CT molecular complexity index is 934. The van der Waals surface area contributed by atoms with Gasteiger partial charge in [0.25, 0.3) is 11.8 Å². The van der Waals surface area contributed by atoms with Gasteiger partial charge in [0.2, 0.25) is 5.75 Å². The van der Waals surface area contributed by atoms with Gasteiger partial charge in [0.05, 0.1) is 44.1 Å². The number of ether oxygens (including phenoxy) is 3. The van der Waals surface area contributed by atoms with Crippen LogP contribution in [0.2, 0.25) is 10.0 Å². The fourth-order valence-electron chi connectivity index (χ4n) is 2.34. The number of hydrogen-bond acceptors (Lipinski definition) is 6. The topological polar surface area (TPSA) is 98.2 Å². The first-order valence-electron chi connectivity index (χ1n) is 8.25. The summed E-state index contributed by atoms with van der Waals surface area (Å²) >= 11 is 11.7. The highest BCUT2D eigenvalue weighted by atomic mass is 35.5. The van der Waals surface area contributed by atoms with Gasteiger partial charge in [-0.2, -0.15) is 5.10 Å². The van der Waals surface area contributed by atoms with E-state index in [-0.39, 0.29) is 17.1 Å². The van der Waals surface area contributed by atoms with Gasteiger partial charge in [0.1, 0.15) is 0 Å². The lowest BCUT2D eigenvalue weighted by Gasteiger charge is -2.13. The van der Waals surface area contributed by atoms with E-state index in [1.807, 2.05) is 0 Å². The minimum atomic E-state index is -0.519. The van der Waals surface area contributed by atoms with E-state index in [1.54, 1.807) is 12.1 Å². The van der Waals surface area contributed by atoms with E-state index in [4.69, 9.17) is 37.4 Å². The van der Waals surface area contributed by atoms with Crippen molar-refractivity contribution in [2.75, 3.05) is 27.9 Å². The van der Waals surface area contributed by atoms with Crippen LogP contribution in [0.5, 0.6) is 17.2 Å². The van der Waals surface area contributed by atoms with Crippen molar-refractivity contribution < 1.29 is 23.8 Å². The van der Waals surface area contributed by atoms with Gasteiger partial charge in [-0.25, -0.2) is 5.43 Å². The lowest BCUT2D eigenvalue weighted by atomic mass is 10.2. The molecule has 0 aliphatic heterocycles. The molecule has 2 aromatic rings. The first-order chi connectivity index (χ1) is 13.9. The molecule has 0 unspecified atom stereocenters. The summed E-state index contributed by atoms with van der Waals surface area (Å²) < 4.78 is 15.8. The Kier molecular flexibility index (Phi) is 8.11. The molecule has 0 heterocycles. The highest BCUT2D eigenvalue weighted by Gasteiger charge is 2.15. The van der Waals surface area contributed by atoms with E-state index in [9.17, 15) is 9.59 Å². The second-order valence-corrected chi connectivity index (χ2v) is 6.34. The molecule has 0 aromatic heterocycles. The highest BCUT2D eigenvalue weighted by Crippen LogP contribution is 2.38. The molecule has 0 bridgehead atoms. The summed E-state index contributed by atoms with van der Waals surface area (Å²) in [5.74, 6) is 0.311. The van der Waals surface area contributed by atoms with Crippen molar-refractivity contribution in [2.24, 2.45) is 5.10 Å². The predicted molar refractivity (Wildman–Crippen MR) is 111 cm³/mol. The van der Waals surface area contributed by atoms with Crippen LogP contribution in [-0.4, -0.2) is 45.9 Å². The van der Waals surface area contributed by atoms with Crippen LogP contribution in [0.25, 0.3) is 0 Å². The van der Waals surface area contributed by atoms with Gasteiger partial charge in [-0.05, 0) is 30.3 Å². The SMILES string of the molecule is COc1ccc(/C=N\NC(=O)CNC(=O)c2ccc(Cl)c(Cl)c2)c(OC)c1OC. The normalized spacial score (nSPS) is 10.5. The Morgan fingerprint density at radius 3 is 2.34 bits per heavy atom. The summed E-state index contributed by atoms with van der Waals surface area (Å²) in [6.07, 6.45) is 1.39. The number of nitrogens with one attached hydrogen (secondary N) is 2. The average molecular weight is 440 g/mol. The summed E-state index contributed by atoms with van der Waals surface area (Å²) in [6.45, 7) is -0.278. The molecule has 154 valence electrons. The number of rotatable bonds is 8. The van der Waals surface area contributed by atoms with Crippen LogP contribution in [0.4, 0.5) is 0 Å². The number of nitrogens with zero attached hydrogens (tertiary/aromatic N) is 1. The summed E-state index contributed by atoms with van der Waals surface area (Å²) in [5.41, 5.74) is 3.16. The molecule has 2 rings (SSSR count). The molecule has 29 heavy (non-hydrogen) atoms. The standard InChI is InChI=1S/C19H19Cl2N3O5/c1-27-15-7-5-12(17(28-2)18(15)29-3)9-23-24-16(25)10-22-19(26)11-4-6-13(20)14(21)8-11/h4-9H,10H2,1-3H3,(H,22,26)(H,24,25)/b23-9-. The van der Waals surface area contributed by atoms with Gasteiger partial charge in [0.15, 0.2) is 11.5 Å². The van der Waals surface area contributed by atoms with E-state index in [2.05, 4.69) is 15.8 Å². The molecule has 2 amide bonds. The smallest absolute Gasteiger partial charge is 0.259 e. The third kappa shape index (κ3) is 5.75. The van der Waals surface area contributed by atoms with Crippen LogP contribution in [-0.2, 0) is 4.79 Å². The van der Waals surface area contributed by atoms with Gasteiger partial charge in [-0.1, -0.05) is 23.2 Å². The minimum Gasteiger partial charge on any atom is -0.493 e. The maximum Gasteiger partial charge on any atom is 0.259 e. The largest absolute Gasteiger partial charge is 0.493 e. The fourth-order valence-corrected chi connectivity index (χ4v) is 2.64. The molecule has 0 atom stereocenters. The Hall–Kier alpha value is -2.97. The van der Waals surface area contributed by atoms with E-state index in [0.717, 1.165) is 0 Å². The Morgan fingerprint density at radius 2 is 1.72 bits per heavy atom. The third-order valence-electron chi connectivity index (χ3n) is 3.72. The molecule has 0 aliphatic rings. The fraction of sp³-hybridized carbons (Fsp3) is 0.211. The summed E-state index contributed by atoms with van der Waals surface area (Å²) in [4.78, 5) is 24.0. The second-order valence-electron chi connectivity index (χ2n) is 5.53. The lowest BCUT2D eigenvalue weighted by molar-refractivity contribution is -0.120. The van der Waals surface area contributed by atoms with Crippen molar-refractivity contribution >= 4 is 41.2 Å². The Labute approximate surface area is 177 Å². The third-order valence-corrected chi connectivity index (χ3v) is 4.46. The molecule has 0 spiro atoms. The highest BCUT2D eigenvalue weighted by molar-refractivity contribution is 6.42. The number of hydrazone groups is 1. The van der Waals surface area contributed by atoms with Crippen LogP contribution in [0, 0.1) is 0 Å². The van der Waals surface area contributed by atoms with Crippen LogP contribution < -0.4 is 25.0 Å². The maximum absolute atomic E-state index is 12.0. The van der Waals surface area contributed by atoms with Gasteiger partial charge in [-0.15, -0.1) is 0 Å². The number of methoxy groups -OCH3 is 3. The average Bonchev–Trinajstić information content (AvgIpc) is 2.73. The molecule has 0 fully saturated rings. The van der Waals surface area contributed by atoms with Crippen molar-refractivity contribution in [1.82, 2.24) is 10.7 Å². The van der Waals surface area contributed by atoms with Gasteiger partial charge in [-0.3, -0.25) is 9.59 Å². The Balaban J connectivity index is 1.96. The molecule has 2 aromatic carbocycles. The number of hydrogen-bond donors (Lipinski definition) is 2. The van der Waals surface area contributed by atoms with E-state index in [1.165, 1.54) is 45.7 Å². The van der Waals surface area contributed by atoms with Crippen molar-refractivity contribution in [2.45, 2.75) is 0 Å². The van der Waals surface area contributed by atoms with Crippen LogP contribution in [0.3, 0.4) is 0 Å². The predicted octanol–water partition coefficient (Wildman–Crippen LogP) is 2.90. The molecule has 0 aliphatic carbocycles. The van der Waals surface area contributed by atoms with E-state index in [0.29, 0.717) is 27.8 Å². The molecule has 0 saturated carbocycles. The molecule has 8 nitrogen and oxygen atoms in total. The van der Waals surface area contributed by atoms with Crippen molar-refractivity contribution in [1.29, 1.82) is 0 Å². The van der Waals surface area contributed by atoms with Crippen LogP contribution >= 0.6 is 23.2 Å². The first-order valence-corrected chi connectivity index (χ1v) is 9.01. The molecule has 0 saturated heterocycles. The quantitative estimate of drug-likeness (QED) is 0.486. The van der Waals surface area contributed by atoms with Gasteiger partial charge >= 0.3 is 0 Å². The van der Waals surface area contributed by atoms with Crippen LogP contribution in [0.1, 0.15) is 15.9 Å². The summed E-state index contributed by atoms with van der Waals surface area (Å²) in [5, 5.41) is 6.91. The number of benzene rings is 2. The lowest BCUT2D eigenvalue weighted by Crippen LogP contribution is -2.34. The monoisotopic (exact) mass is 439 g/mol.